The number of aromatic nitrogens is 2. The number of H-pyrrole nitrogens is 1. The Balaban J connectivity index is 0.00000162. The monoisotopic (exact) mass is 372 g/mol. The maximum Gasteiger partial charge on any atom is 0.330 e. The summed E-state index contributed by atoms with van der Waals surface area (Å²) in [7, 11) is 0. The van der Waals surface area contributed by atoms with Crippen LogP contribution in [-0.4, -0.2) is 44.1 Å². The highest BCUT2D eigenvalue weighted by molar-refractivity contribution is 14.1. The van der Waals surface area contributed by atoms with Crippen molar-refractivity contribution in [3.63, 3.8) is 0 Å². The first-order valence-corrected chi connectivity index (χ1v) is 6.06. The van der Waals surface area contributed by atoms with Gasteiger partial charge in [-0.05, 0) is 22.6 Å². The number of aromatic amines is 1. The third kappa shape index (κ3) is 2.80. The third-order valence-corrected chi connectivity index (χ3v) is 3.39. The van der Waals surface area contributed by atoms with E-state index in [0.29, 0.717) is 3.57 Å². The van der Waals surface area contributed by atoms with Crippen molar-refractivity contribution >= 4 is 22.6 Å². The van der Waals surface area contributed by atoms with Gasteiger partial charge >= 0.3 is 5.69 Å². The van der Waals surface area contributed by atoms with Gasteiger partial charge in [0, 0.05) is 12.6 Å². The van der Waals surface area contributed by atoms with Gasteiger partial charge in [0.05, 0.1) is 16.3 Å². The number of aliphatic hydroxyl groups excluding tert-OH is 2. The Hall–Kier alpha value is -0.750. The third-order valence-electron chi connectivity index (χ3n) is 2.62. The average molecular weight is 372 g/mol. The van der Waals surface area contributed by atoms with Gasteiger partial charge in [0.1, 0.15) is 12.3 Å². The fourth-order valence-corrected chi connectivity index (χ4v) is 2.16. The summed E-state index contributed by atoms with van der Waals surface area (Å²) < 4.78 is 6.89. The van der Waals surface area contributed by atoms with Crippen LogP contribution in [0, 0.1) is 3.57 Å². The molecule has 1 aromatic heterocycles. The number of nitrogens with zero attached hydrogens (tertiary/aromatic N) is 1. The van der Waals surface area contributed by atoms with Gasteiger partial charge in [0.2, 0.25) is 0 Å². The van der Waals surface area contributed by atoms with E-state index in [1.165, 1.54) is 10.8 Å². The van der Waals surface area contributed by atoms with E-state index < -0.39 is 29.7 Å². The van der Waals surface area contributed by atoms with Gasteiger partial charge in [-0.15, -0.1) is 0 Å². The molecule has 2 rings (SSSR count). The molecular weight excluding hydrogens is 359 g/mol. The minimum absolute atomic E-state index is 0. The van der Waals surface area contributed by atoms with Crippen LogP contribution in [0.4, 0.5) is 0 Å². The van der Waals surface area contributed by atoms with E-state index in [2.05, 4.69) is 4.98 Å². The van der Waals surface area contributed by atoms with E-state index in [9.17, 15) is 14.7 Å². The zero-order valence-corrected chi connectivity index (χ0v) is 11.3. The van der Waals surface area contributed by atoms with Crippen LogP contribution in [0.15, 0.2) is 15.8 Å². The summed E-state index contributed by atoms with van der Waals surface area (Å²) in [6, 6.07) is 0. The second kappa shape index (κ2) is 5.93. The van der Waals surface area contributed by atoms with Crippen molar-refractivity contribution in [3.8, 4) is 0 Å². The van der Waals surface area contributed by atoms with Gasteiger partial charge in [-0.25, -0.2) is 4.79 Å². The molecule has 0 saturated carbocycles. The highest BCUT2D eigenvalue weighted by atomic mass is 127. The quantitative estimate of drug-likeness (QED) is 0.514. The van der Waals surface area contributed by atoms with Gasteiger partial charge in [-0.2, -0.15) is 0 Å². The minimum atomic E-state index is -0.818. The number of aliphatic hydroxyl groups is 2. The molecular formula is C9H13IN2O6. The molecule has 0 aromatic carbocycles. The summed E-state index contributed by atoms with van der Waals surface area (Å²) >= 11 is 1.80. The van der Waals surface area contributed by atoms with Crippen LogP contribution in [0.3, 0.4) is 0 Å². The molecule has 9 heteroatoms. The summed E-state index contributed by atoms with van der Waals surface area (Å²) in [5, 5.41) is 18.5. The van der Waals surface area contributed by atoms with Gasteiger partial charge in [-0.3, -0.25) is 14.3 Å². The Morgan fingerprint density at radius 1 is 1.56 bits per heavy atom. The second-order valence-electron chi connectivity index (χ2n) is 3.76. The molecule has 0 unspecified atom stereocenters. The van der Waals surface area contributed by atoms with Crippen LogP contribution in [0.5, 0.6) is 0 Å². The van der Waals surface area contributed by atoms with Crippen molar-refractivity contribution in [1.29, 1.82) is 0 Å². The highest BCUT2D eigenvalue weighted by Gasteiger charge is 2.34. The number of rotatable bonds is 2. The molecule has 0 spiro atoms. The van der Waals surface area contributed by atoms with Crippen molar-refractivity contribution in [2.75, 3.05) is 6.61 Å². The second-order valence-corrected chi connectivity index (χ2v) is 4.92. The first-order chi connectivity index (χ1) is 8.02. The van der Waals surface area contributed by atoms with Gasteiger partial charge in [-0.1, -0.05) is 0 Å². The number of ether oxygens (including phenoxy) is 1. The molecule has 8 nitrogen and oxygen atoms in total. The molecule has 0 radical (unpaired) electrons. The summed E-state index contributed by atoms with van der Waals surface area (Å²) in [5.41, 5.74) is -1.05. The molecule has 1 aliphatic heterocycles. The van der Waals surface area contributed by atoms with Gasteiger partial charge in [0.15, 0.2) is 0 Å². The first-order valence-electron chi connectivity index (χ1n) is 4.98. The molecule has 102 valence electrons. The van der Waals surface area contributed by atoms with Crippen LogP contribution >= 0.6 is 22.6 Å². The lowest BCUT2D eigenvalue weighted by molar-refractivity contribution is -0.0459. The number of hydrogen-bond acceptors (Lipinski definition) is 5. The molecule has 3 atom stereocenters. The summed E-state index contributed by atoms with van der Waals surface area (Å²) in [6.45, 7) is -0.313. The molecule has 18 heavy (non-hydrogen) atoms. The van der Waals surface area contributed by atoms with Crippen LogP contribution < -0.4 is 11.2 Å². The fourth-order valence-electron chi connectivity index (χ4n) is 1.72. The zero-order valence-electron chi connectivity index (χ0n) is 9.17. The molecule has 1 fully saturated rings. The predicted molar refractivity (Wildman–Crippen MR) is 69.3 cm³/mol. The normalized spacial score (nSPS) is 26.9. The topological polar surface area (TPSA) is 136 Å². The van der Waals surface area contributed by atoms with Crippen molar-refractivity contribution in [2.45, 2.75) is 24.9 Å². The maximum absolute atomic E-state index is 11.6. The standard InChI is InChI=1S/C9H11IN2O5.H2O/c10-4-2-12(9(16)11-8(4)15)7-1-5(14)6(3-13)17-7;/h2,5-7,13-14H,1,3H2,(H,11,15,16);1H2/t5-,6+,7+;/m0./s1. The molecule has 2 heterocycles. The van der Waals surface area contributed by atoms with Crippen molar-refractivity contribution in [2.24, 2.45) is 0 Å². The zero-order chi connectivity index (χ0) is 12.6. The predicted octanol–water partition coefficient (Wildman–Crippen LogP) is -2.04. The molecule has 0 bridgehead atoms. The lowest BCUT2D eigenvalue weighted by atomic mass is 10.2. The van der Waals surface area contributed by atoms with E-state index in [-0.39, 0.29) is 18.5 Å². The fraction of sp³-hybridized carbons (Fsp3) is 0.556. The van der Waals surface area contributed by atoms with Gasteiger partial charge in [0.25, 0.3) is 5.56 Å². The summed E-state index contributed by atoms with van der Waals surface area (Å²) in [5.74, 6) is 0. The Morgan fingerprint density at radius 3 is 2.78 bits per heavy atom. The Morgan fingerprint density at radius 2 is 2.22 bits per heavy atom. The van der Waals surface area contributed by atoms with E-state index >= 15 is 0 Å². The lowest BCUT2D eigenvalue weighted by Crippen LogP contribution is -2.33. The van der Waals surface area contributed by atoms with Crippen LogP contribution in [0.25, 0.3) is 0 Å². The SMILES string of the molecule is O.O=c1[nH]c(=O)n([C@H]2C[C@H](O)[C@@H](CO)O2)cc1I. The average Bonchev–Trinajstić information content (AvgIpc) is 2.65. The van der Waals surface area contributed by atoms with Gasteiger partial charge < -0.3 is 20.4 Å². The molecule has 1 aromatic rings. The molecule has 1 saturated heterocycles. The van der Waals surface area contributed by atoms with E-state index in [0.717, 1.165) is 0 Å². The molecule has 5 N–H and O–H groups in total. The first kappa shape index (κ1) is 15.3. The highest BCUT2D eigenvalue weighted by Crippen LogP contribution is 2.27. The van der Waals surface area contributed by atoms with E-state index in [1.807, 2.05) is 0 Å². The molecule has 1 aliphatic rings. The lowest BCUT2D eigenvalue weighted by Gasteiger charge is -2.14. The number of hydrogen-bond donors (Lipinski definition) is 3. The van der Waals surface area contributed by atoms with Crippen LogP contribution in [0.2, 0.25) is 0 Å². The Labute approximate surface area is 115 Å². The van der Waals surface area contributed by atoms with E-state index in [1.54, 1.807) is 22.6 Å². The van der Waals surface area contributed by atoms with Crippen molar-refractivity contribution < 1.29 is 20.4 Å². The maximum atomic E-state index is 11.6. The number of nitrogens with one attached hydrogen (secondary N) is 1. The molecule has 0 amide bonds. The Bertz CT molecular complexity index is 527. The largest absolute Gasteiger partial charge is 0.412 e. The number of halogens is 1. The Kier molecular flexibility index (Phi) is 5.04. The minimum Gasteiger partial charge on any atom is -0.412 e. The van der Waals surface area contributed by atoms with E-state index in [4.69, 9.17) is 9.84 Å². The summed E-state index contributed by atoms with van der Waals surface area (Å²) in [6.07, 6.45) is -0.607. The van der Waals surface area contributed by atoms with Crippen LogP contribution in [0.1, 0.15) is 12.6 Å². The summed E-state index contributed by atoms with van der Waals surface area (Å²) in [4.78, 5) is 24.9. The van der Waals surface area contributed by atoms with Crippen molar-refractivity contribution in [3.05, 3.63) is 30.6 Å². The smallest absolute Gasteiger partial charge is 0.330 e. The van der Waals surface area contributed by atoms with Crippen LogP contribution in [-0.2, 0) is 4.74 Å². The van der Waals surface area contributed by atoms with Crippen molar-refractivity contribution in [1.82, 2.24) is 9.55 Å². The molecule has 0 aliphatic carbocycles.